The first-order chi connectivity index (χ1) is 8.60. The zero-order valence-electron chi connectivity index (χ0n) is 11.0. The fourth-order valence-electron chi connectivity index (χ4n) is 2.18. The molecule has 0 radical (unpaired) electrons. The van der Waals surface area contributed by atoms with Gasteiger partial charge in [0, 0.05) is 6.42 Å². The van der Waals surface area contributed by atoms with Crippen LogP contribution in [0, 0.1) is 0 Å². The molecule has 3 rings (SSSR count). The second-order valence-electron chi connectivity index (χ2n) is 5.84. The van der Waals surface area contributed by atoms with Crippen LogP contribution in [0.5, 0.6) is 0 Å². The minimum Gasteiger partial charge on any atom is -0.375 e. The van der Waals surface area contributed by atoms with E-state index in [4.69, 9.17) is 14.2 Å². The molecule has 98 valence electrons. The van der Waals surface area contributed by atoms with Crippen LogP contribution in [0.15, 0.2) is 30.3 Å². The molecule has 1 aromatic rings. The van der Waals surface area contributed by atoms with Gasteiger partial charge in [-0.1, -0.05) is 30.3 Å². The smallest absolute Gasteiger partial charge is 0.116 e. The van der Waals surface area contributed by atoms with Crippen LogP contribution in [-0.2, 0) is 20.6 Å². The van der Waals surface area contributed by atoms with Crippen LogP contribution < -0.4 is 0 Å². The fourth-order valence-corrected chi connectivity index (χ4v) is 2.18. The van der Waals surface area contributed by atoms with Gasteiger partial charge in [0.2, 0.25) is 0 Å². The van der Waals surface area contributed by atoms with Gasteiger partial charge in [0.15, 0.2) is 0 Å². The Labute approximate surface area is 108 Å². The van der Waals surface area contributed by atoms with E-state index in [-0.39, 0.29) is 17.3 Å². The van der Waals surface area contributed by atoms with Crippen LogP contribution in [0.3, 0.4) is 0 Å². The predicted molar refractivity (Wildman–Crippen MR) is 68.6 cm³/mol. The molecule has 0 aromatic heterocycles. The molecular formula is C15H20O3. The molecule has 3 heteroatoms. The molecule has 2 heterocycles. The molecule has 0 saturated carbocycles. The van der Waals surface area contributed by atoms with Crippen molar-refractivity contribution in [2.45, 2.75) is 37.6 Å². The van der Waals surface area contributed by atoms with Gasteiger partial charge in [-0.2, -0.15) is 0 Å². The van der Waals surface area contributed by atoms with Gasteiger partial charge in [-0.15, -0.1) is 0 Å². The molecule has 3 nitrogen and oxygen atoms in total. The normalized spacial score (nSPS) is 37.6. The van der Waals surface area contributed by atoms with E-state index in [1.807, 2.05) is 6.07 Å². The standard InChI is InChI=1S/C15H20O3/c1-14(10-17-14)9-16-11-15(2)13(18-15)8-12-6-4-3-5-7-12/h3-7,13H,8-11H2,1-2H3/t13-,14+,15-/m0/s1. The van der Waals surface area contributed by atoms with Crippen molar-refractivity contribution in [1.82, 2.24) is 0 Å². The van der Waals surface area contributed by atoms with Crippen molar-refractivity contribution >= 4 is 0 Å². The largest absolute Gasteiger partial charge is 0.375 e. The van der Waals surface area contributed by atoms with Crippen LogP contribution in [-0.4, -0.2) is 37.1 Å². The van der Waals surface area contributed by atoms with Crippen molar-refractivity contribution in [3.63, 3.8) is 0 Å². The summed E-state index contributed by atoms with van der Waals surface area (Å²) in [4.78, 5) is 0. The lowest BCUT2D eigenvalue weighted by Gasteiger charge is -2.10. The lowest BCUT2D eigenvalue weighted by Crippen LogP contribution is -2.24. The molecule has 0 bridgehead atoms. The number of rotatable bonds is 6. The Balaban J connectivity index is 1.44. The maximum atomic E-state index is 5.78. The van der Waals surface area contributed by atoms with Crippen molar-refractivity contribution < 1.29 is 14.2 Å². The Morgan fingerprint density at radius 2 is 1.94 bits per heavy atom. The number of ether oxygens (including phenoxy) is 3. The van der Waals surface area contributed by atoms with E-state index in [9.17, 15) is 0 Å². The first-order valence-corrected chi connectivity index (χ1v) is 6.53. The third kappa shape index (κ3) is 2.74. The Morgan fingerprint density at radius 3 is 2.61 bits per heavy atom. The summed E-state index contributed by atoms with van der Waals surface area (Å²) in [6.07, 6.45) is 1.25. The monoisotopic (exact) mass is 248 g/mol. The molecular weight excluding hydrogens is 228 g/mol. The van der Waals surface area contributed by atoms with Gasteiger partial charge in [0.05, 0.1) is 25.9 Å². The van der Waals surface area contributed by atoms with Gasteiger partial charge in [0.25, 0.3) is 0 Å². The maximum absolute atomic E-state index is 5.78. The van der Waals surface area contributed by atoms with Gasteiger partial charge in [0.1, 0.15) is 11.2 Å². The van der Waals surface area contributed by atoms with E-state index in [0.717, 1.165) is 13.0 Å². The van der Waals surface area contributed by atoms with E-state index in [2.05, 4.69) is 38.1 Å². The van der Waals surface area contributed by atoms with E-state index in [1.165, 1.54) is 5.56 Å². The van der Waals surface area contributed by atoms with Gasteiger partial charge < -0.3 is 14.2 Å². The predicted octanol–water partition coefficient (Wildman–Crippen LogP) is 2.19. The first kappa shape index (κ1) is 12.2. The summed E-state index contributed by atoms with van der Waals surface area (Å²) in [5.41, 5.74) is 1.19. The number of hydrogen-bond donors (Lipinski definition) is 0. The zero-order chi connectivity index (χ0) is 12.6. The number of hydrogen-bond acceptors (Lipinski definition) is 3. The van der Waals surface area contributed by atoms with Crippen LogP contribution in [0.1, 0.15) is 19.4 Å². The summed E-state index contributed by atoms with van der Waals surface area (Å²) in [7, 11) is 0. The third-order valence-corrected chi connectivity index (χ3v) is 3.73. The topological polar surface area (TPSA) is 34.3 Å². The summed E-state index contributed by atoms with van der Waals surface area (Å²) in [6, 6.07) is 10.5. The van der Waals surface area contributed by atoms with Crippen molar-refractivity contribution in [3.8, 4) is 0 Å². The molecule has 2 saturated heterocycles. The van der Waals surface area contributed by atoms with Gasteiger partial charge in [-0.05, 0) is 19.4 Å². The van der Waals surface area contributed by atoms with Gasteiger partial charge in [-0.25, -0.2) is 0 Å². The van der Waals surface area contributed by atoms with E-state index in [0.29, 0.717) is 13.2 Å². The lowest BCUT2D eigenvalue weighted by molar-refractivity contribution is 0.0520. The molecule has 1 aromatic carbocycles. The van der Waals surface area contributed by atoms with Crippen molar-refractivity contribution in [3.05, 3.63) is 35.9 Å². The maximum Gasteiger partial charge on any atom is 0.116 e. The average molecular weight is 248 g/mol. The first-order valence-electron chi connectivity index (χ1n) is 6.53. The molecule has 3 atom stereocenters. The summed E-state index contributed by atoms with van der Waals surface area (Å²) >= 11 is 0. The van der Waals surface area contributed by atoms with Crippen LogP contribution in [0.2, 0.25) is 0 Å². The Morgan fingerprint density at radius 1 is 1.22 bits per heavy atom. The van der Waals surface area contributed by atoms with Crippen molar-refractivity contribution in [2.24, 2.45) is 0 Å². The quantitative estimate of drug-likeness (QED) is 0.724. The van der Waals surface area contributed by atoms with Crippen LogP contribution >= 0.6 is 0 Å². The molecule has 2 fully saturated rings. The molecule has 0 spiro atoms. The van der Waals surface area contributed by atoms with E-state index >= 15 is 0 Å². The summed E-state index contributed by atoms with van der Waals surface area (Å²) < 4.78 is 16.8. The minimum atomic E-state index is -0.110. The molecule has 0 aliphatic carbocycles. The van der Waals surface area contributed by atoms with Gasteiger partial charge in [-0.3, -0.25) is 0 Å². The van der Waals surface area contributed by atoms with Gasteiger partial charge >= 0.3 is 0 Å². The average Bonchev–Trinajstić information content (AvgIpc) is 3.22. The summed E-state index contributed by atoms with van der Waals surface area (Å²) in [6.45, 7) is 6.34. The number of benzene rings is 1. The summed E-state index contributed by atoms with van der Waals surface area (Å²) in [5, 5.41) is 0. The van der Waals surface area contributed by atoms with Crippen molar-refractivity contribution in [1.29, 1.82) is 0 Å². The van der Waals surface area contributed by atoms with E-state index in [1.54, 1.807) is 0 Å². The zero-order valence-corrected chi connectivity index (χ0v) is 11.0. The van der Waals surface area contributed by atoms with E-state index < -0.39 is 0 Å². The second-order valence-corrected chi connectivity index (χ2v) is 5.84. The molecule has 2 aliphatic rings. The van der Waals surface area contributed by atoms with Crippen LogP contribution in [0.4, 0.5) is 0 Å². The highest BCUT2D eigenvalue weighted by molar-refractivity contribution is 5.18. The highest BCUT2D eigenvalue weighted by Crippen LogP contribution is 2.39. The molecule has 0 amide bonds. The number of epoxide rings is 2. The molecule has 2 aliphatic heterocycles. The Kier molecular flexibility index (Phi) is 2.93. The van der Waals surface area contributed by atoms with Crippen molar-refractivity contribution in [2.75, 3.05) is 19.8 Å². The molecule has 0 N–H and O–H groups in total. The SMILES string of the molecule is C[C@@]1(COC[C@]2(C)O[C@H]2Cc2ccccc2)CO1. The summed E-state index contributed by atoms with van der Waals surface area (Å²) in [5.74, 6) is 0. The fraction of sp³-hybridized carbons (Fsp3) is 0.600. The molecule has 18 heavy (non-hydrogen) atoms. The third-order valence-electron chi connectivity index (χ3n) is 3.73. The highest BCUT2D eigenvalue weighted by Gasteiger charge is 2.52. The minimum absolute atomic E-state index is 0.0276. The Bertz CT molecular complexity index is 413. The Hall–Kier alpha value is -0.900. The highest BCUT2D eigenvalue weighted by atomic mass is 16.6. The lowest BCUT2D eigenvalue weighted by atomic mass is 10.0. The molecule has 0 unspecified atom stereocenters. The second kappa shape index (κ2) is 4.34. The van der Waals surface area contributed by atoms with Crippen LogP contribution in [0.25, 0.3) is 0 Å².